The molecule has 0 aromatic heterocycles. The maximum absolute atomic E-state index is 13.7. The van der Waals surface area contributed by atoms with Gasteiger partial charge >= 0.3 is 5.97 Å². The fourth-order valence-corrected chi connectivity index (χ4v) is 2.06. The van der Waals surface area contributed by atoms with Crippen LogP contribution in [-0.4, -0.2) is 17.2 Å². The molecule has 0 fully saturated rings. The number of benzene rings is 2. The van der Waals surface area contributed by atoms with Crippen molar-refractivity contribution in [3.63, 3.8) is 0 Å². The molecule has 0 aliphatic heterocycles. The summed E-state index contributed by atoms with van der Waals surface area (Å²) in [4.78, 5) is 11.8. The number of rotatable bonds is 5. The minimum atomic E-state index is -1.00. The summed E-state index contributed by atoms with van der Waals surface area (Å²) in [5.41, 5.74) is 0.387. The van der Waals surface area contributed by atoms with E-state index in [9.17, 15) is 14.3 Å². The van der Waals surface area contributed by atoms with Gasteiger partial charge in [-0.25, -0.2) is 4.39 Å². The SMILES string of the molecule is C[C@@H](c1ccccc1F)[C@H](O)CC(=O)Oc1ccccc1. The van der Waals surface area contributed by atoms with Gasteiger partial charge in [0.15, 0.2) is 0 Å². The van der Waals surface area contributed by atoms with Crippen LogP contribution in [0.25, 0.3) is 0 Å². The van der Waals surface area contributed by atoms with Gasteiger partial charge in [-0.05, 0) is 23.8 Å². The number of carbonyl (C=O) groups excluding carboxylic acids is 1. The lowest BCUT2D eigenvalue weighted by Gasteiger charge is -2.19. The second kappa shape index (κ2) is 6.99. The van der Waals surface area contributed by atoms with Gasteiger partial charge in [-0.15, -0.1) is 0 Å². The molecule has 2 atom stereocenters. The van der Waals surface area contributed by atoms with Gasteiger partial charge in [0, 0.05) is 5.92 Å². The molecule has 2 rings (SSSR count). The standard InChI is InChI=1S/C17H17FO3/c1-12(14-9-5-6-10-15(14)18)16(19)11-17(20)21-13-7-3-2-4-8-13/h2-10,12,16,19H,11H2,1H3/t12-,16+/m0/s1. The Hall–Kier alpha value is -2.20. The quantitative estimate of drug-likeness (QED) is 0.678. The second-order valence-electron chi connectivity index (χ2n) is 4.87. The first-order chi connectivity index (χ1) is 10.1. The average molecular weight is 288 g/mol. The van der Waals surface area contributed by atoms with E-state index in [0.717, 1.165) is 0 Å². The largest absolute Gasteiger partial charge is 0.426 e. The van der Waals surface area contributed by atoms with Gasteiger partial charge in [-0.3, -0.25) is 4.79 Å². The van der Waals surface area contributed by atoms with E-state index in [1.54, 1.807) is 49.4 Å². The highest BCUT2D eigenvalue weighted by Crippen LogP contribution is 2.24. The fraction of sp³-hybridized carbons (Fsp3) is 0.235. The molecule has 0 aliphatic carbocycles. The van der Waals surface area contributed by atoms with Crippen molar-refractivity contribution in [2.75, 3.05) is 0 Å². The summed E-state index contributed by atoms with van der Waals surface area (Å²) >= 11 is 0. The Bertz CT molecular complexity index is 598. The highest BCUT2D eigenvalue weighted by Gasteiger charge is 2.22. The Kier molecular flexibility index (Phi) is 5.06. The third-order valence-electron chi connectivity index (χ3n) is 3.32. The topological polar surface area (TPSA) is 46.5 Å². The Labute approximate surface area is 123 Å². The molecular weight excluding hydrogens is 271 g/mol. The van der Waals surface area contributed by atoms with Crippen molar-refractivity contribution in [3.8, 4) is 5.75 Å². The van der Waals surface area contributed by atoms with Crippen molar-refractivity contribution in [1.29, 1.82) is 0 Å². The Morgan fingerprint density at radius 2 is 1.76 bits per heavy atom. The van der Waals surface area contributed by atoms with E-state index in [4.69, 9.17) is 4.74 Å². The van der Waals surface area contributed by atoms with Crippen molar-refractivity contribution in [1.82, 2.24) is 0 Å². The van der Waals surface area contributed by atoms with Gasteiger partial charge in [0.05, 0.1) is 12.5 Å². The lowest BCUT2D eigenvalue weighted by molar-refractivity contribution is -0.136. The highest BCUT2D eigenvalue weighted by molar-refractivity contribution is 5.73. The molecule has 1 N–H and O–H groups in total. The van der Waals surface area contributed by atoms with Crippen LogP contribution in [0.2, 0.25) is 0 Å². The van der Waals surface area contributed by atoms with E-state index >= 15 is 0 Å². The summed E-state index contributed by atoms with van der Waals surface area (Å²) in [5.74, 6) is -1.000. The lowest BCUT2D eigenvalue weighted by atomic mass is 9.93. The van der Waals surface area contributed by atoms with Crippen molar-refractivity contribution in [3.05, 3.63) is 66.0 Å². The number of carbonyl (C=O) groups is 1. The second-order valence-corrected chi connectivity index (χ2v) is 4.87. The van der Waals surface area contributed by atoms with Gasteiger partial charge in [0.2, 0.25) is 0 Å². The molecule has 0 bridgehead atoms. The molecule has 21 heavy (non-hydrogen) atoms. The smallest absolute Gasteiger partial charge is 0.313 e. The Morgan fingerprint density at radius 3 is 2.43 bits per heavy atom. The summed E-state index contributed by atoms with van der Waals surface area (Å²) in [6.45, 7) is 1.68. The molecule has 0 radical (unpaired) electrons. The Balaban J connectivity index is 1.96. The van der Waals surface area contributed by atoms with Crippen molar-refractivity contribution < 1.29 is 19.0 Å². The van der Waals surface area contributed by atoms with E-state index in [0.29, 0.717) is 11.3 Å². The van der Waals surface area contributed by atoms with Crippen molar-refractivity contribution in [2.45, 2.75) is 25.4 Å². The lowest BCUT2D eigenvalue weighted by Crippen LogP contribution is -2.23. The number of aliphatic hydroxyl groups is 1. The number of ether oxygens (including phenoxy) is 1. The van der Waals surface area contributed by atoms with Gasteiger partial charge in [-0.1, -0.05) is 43.3 Å². The van der Waals surface area contributed by atoms with Crippen LogP contribution < -0.4 is 4.74 Å². The zero-order valence-electron chi connectivity index (χ0n) is 11.7. The van der Waals surface area contributed by atoms with Crippen LogP contribution in [0.15, 0.2) is 54.6 Å². The minimum absolute atomic E-state index is 0.190. The van der Waals surface area contributed by atoms with E-state index in [1.165, 1.54) is 6.07 Å². The molecule has 2 aromatic rings. The third-order valence-corrected chi connectivity index (χ3v) is 3.32. The van der Waals surface area contributed by atoms with E-state index in [-0.39, 0.29) is 12.2 Å². The Morgan fingerprint density at radius 1 is 1.14 bits per heavy atom. The summed E-state index contributed by atoms with van der Waals surface area (Å²) in [6, 6.07) is 14.8. The summed E-state index contributed by atoms with van der Waals surface area (Å²) < 4.78 is 18.8. The van der Waals surface area contributed by atoms with Crippen molar-refractivity contribution >= 4 is 5.97 Å². The number of aliphatic hydroxyl groups excluding tert-OH is 1. The fourth-order valence-electron chi connectivity index (χ4n) is 2.06. The van der Waals surface area contributed by atoms with E-state index in [2.05, 4.69) is 0 Å². The molecule has 110 valence electrons. The molecule has 0 unspecified atom stereocenters. The molecule has 2 aromatic carbocycles. The zero-order valence-corrected chi connectivity index (χ0v) is 11.7. The van der Waals surface area contributed by atoms with Gasteiger partial charge < -0.3 is 9.84 Å². The van der Waals surface area contributed by atoms with Crippen LogP contribution >= 0.6 is 0 Å². The van der Waals surface area contributed by atoms with Gasteiger partial charge in [0.25, 0.3) is 0 Å². The monoisotopic (exact) mass is 288 g/mol. The van der Waals surface area contributed by atoms with Gasteiger partial charge in [-0.2, -0.15) is 0 Å². The van der Waals surface area contributed by atoms with Crippen LogP contribution in [0.4, 0.5) is 4.39 Å². The first-order valence-corrected chi connectivity index (χ1v) is 6.76. The van der Waals surface area contributed by atoms with Crippen molar-refractivity contribution in [2.24, 2.45) is 0 Å². The van der Waals surface area contributed by atoms with Crippen LogP contribution in [0.3, 0.4) is 0 Å². The molecular formula is C17H17FO3. The number of hydrogen-bond acceptors (Lipinski definition) is 3. The summed E-state index contributed by atoms with van der Waals surface area (Å²) in [5, 5.41) is 10.1. The van der Waals surface area contributed by atoms with Crippen LogP contribution in [-0.2, 0) is 4.79 Å². The average Bonchev–Trinajstić information content (AvgIpc) is 2.48. The van der Waals surface area contributed by atoms with Crippen LogP contribution in [0.5, 0.6) is 5.75 Å². The molecule has 0 spiro atoms. The summed E-state index contributed by atoms with van der Waals surface area (Å²) in [7, 11) is 0. The normalized spacial score (nSPS) is 13.5. The molecule has 0 amide bonds. The number of esters is 1. The summed E-state index contributed by atoms with van der Waals surface area (Å²) in [6.07, 6.45) is -1.19. The van der Waals surface area contributed by atoms with E-state index in [1.807, 2.05) is 6.07 Å². The number of halogens is 1. The third kappa shape index (κ3) is 4.13. The molecule has 0 saturated heterocycles. The molecule has 0 aliphatic rings. The maximum atomic E-state index is 13.7. The predicted molar refractivity (Wildman–Crippen MR) is 77.5 cm³/mol. The maximum Gasteiger partial charge on any atom is 0.313 e. The number of para-hydroxylation sites is 1. The van der Waals surface area contributed by atoms with Crippen LogP contribution in [0, 0.1) is 5.82 Å². The van der Waals surface area contributed by atoms with Gasteiger partial charge in [0.1, 0.15) is 11.6 Å². The number of hydrogen-bond donors (Lipinski definition) is 1. The molecule has 3 nitrogen and oxygen atoms in total. The van der Waals surface area contributed by atoms with Crippen LogP contribution in [0.1, 0.15) is 24.8 Å². The van der Waals surface area contributed by atoms with E-state index < -0.39 is 18.0 Å². The minimum Gasteiger partial charge on any atom is -0.426 e. The molecule has 4 heteroatoms. The first-order valence-electron chi connectivity index (χ1n) is 6.76. The first kappa shape index (κ1) is 15.2. The zero-order chi connectivity index (χ0) is 15.2. The molecule has 0 saturated carbocycles. The predicted octanol–water partition coefficient (Wildman–Crippen LogP) is 3.29. The molecule has 0 heterocycles. The highest BCUT2D eigenvalue weighted by atomic mass is 19.1.